The van der Waals surface area contributed by atoms with Gasteiger partial charge < -0.3 is 19.3 Å². The third kappa shape index (κ3) is 2.24. The Morgan fingerprint density at radius 3 is 2.45 bits per heavy atom. The summed E-state index contributed by atoms with van der Waals surface area (Å²) in [5.41, 5.74) is 1.02. The molecule has 0 spiro atoms. The maximum absolute atomic E-state index is 12.5. The van der Waals surface area contributed by atoms with Gasteiger partial charge in [-0.15, -0.1) is 0 Å². The largest absolute Gasteiger partial charge is 0.504 e. The molecule has 0 unspecified atom stereocenters. The lowest BCUT2D eigenvalue weighted by molar-refractivity contribution is 0.0836. The van der Waals surface area contributed by atoms with Gasteiger partial charge in [0.25, 0.3) is 0 Å². The molecular formula is C17H16O5. The second-order valence-electron chi connectivity index (χ2n) is 4.98. The molecule has 1 heterocycles. The topological polar surface area (TPSA) is 65.0 Å². The maximum Gasteiger partial charge on any atom is 0.176 e. The fourth-order valence-corrected chi connectivity index (χ4v) is 2.60. The molecule has 1 aliphatic heterocycles. The van der Waals surface area contributed by atoms with Crippen LogP contribution in [-0.4, -0.2) is 25.1 Å². The summed E-state index contributed by atoms with van der Waals surface area (Å²) in [6.45, 7) is 0. The normalized spacial score (nSPS) is 16.6. The summed E-state index contributed by atoms with van der Waals surface area (Å²) in [5.74, 6) is 0.384. The van der Waals surface area contributed by atoms with Gasteiger partial charge in [-0.05, 0) is 5.56 Å². The number of ketones is 1. The average molecular weight is 300 g/mol. The molecule has 1 aliphatic rings. The van der Waals surface area contributed by atoms with Crippen molar-refractivity contribution in [2.24, 2.45) is 0 Å². The molecule has 2 aromatic carbocycles. The summed E-state index contributed by atoms with van der Waals surface area (Å²) in [4.78, 5) is 12.5. The molecule has 22 heavy (non-hydrogen) atoms. The van der Waals surface area contributed by atoms with E-state index < -0.39 is 6.10 Å². The van der Waals surface area contributed by atoms with Crippen molar-refractivity contribution < 1.29 is 24.1 Å². The van der Waals surface area contributed by atoms with Crippen LogP contribution in [0, 0.1) is 0 Å². The Balaban J connectivity index is 2.10. The summed E-state index contributed by atoms with van der Waals surface area (Å²) in [6.07, 6.45) is -0.246. The van der Waals surface area contributed by atoms with Crippen molar-refractivity contribution in [3.8, 4) is 23.0 Å². The molecule has 0 aromatic heterocycles. The lowest BCUT2D eigenvalue weighted by Gasteiger charge is -2.27. The summed E-state index contributed by atoms with van der Waals surface area (Å²) in [5, 5.41) is 10.2. The van der Waals surface area contributed by atoms with Crippen molar-refractivity contribution in [3.05, 3.63) is 47.5 Å². The van der Waals surface area contributed by atoms with E-state index in [0.717, 1.165) is 5.56 Å². The van der Waals surface area contributed by atoms with Gasteiger partial charge in [0.1, 0.15) is 11.7 Å². The molecule has 114 valence electrons. The number of ether oxygens (including phenoxy) is 3. The number of methoxy groups -OCH3 is 2. The van der Waals surface area contributed by atoms with E-state index >= 15 is 0 Å². The van der Waals surface area contributed by atoms with Crippen molar-refractivity contribution in [2.45, 2.75) is 12.5 Å². The molecule has 1 N–H and O–H groups in total. The van der Waals surface area contributed by atoms with Crippen LogP contribution in [0.4, 0.5) is 0 Å². The first-order valence-electron chi connectivity index (χ1n) is 6.88. The number of phenolic OH excluding ortho intramolecular Hbond substituents is 1. The molecule has 2 aromatic rings. The lowest BCUT2D eigenvalue weighted by atomic mass is 9.95. The Morgan fingerprint density at radius 2 is 1.82 bits per heavy atom. The van der Waals surface area contributed by atoms with Crippen LogP contribution in [0.2, 0.25) is 0 Å². The number of carbonyl (C=O) groups is 1. The summed E-state index contributed by atoms with van der Waals surface area (Å²) in [6, 6.07) is 11.0. The SMILES string of the molecule is COc1cc(OC)c2c(c1O)C(=O)C[C@@H](c1ccccc1)O2. The van der Waals surface area contributed by atoms with E-state index in [9.17, 15) is 9.90 Å². The number of hydrogen-bond donors (Lipinski definition) is 1. The molecular weight excluding hydrogens is 284 g/mol. The van der Waals surface area contributed by atoms with Crippen LogP contribution < -0.4 is 14.2 Å². The van der Waals surface area contributed by atoms with Gasteiger partial charge in [0.05, 0.1) is 20.6 Å². The monoisotopic (exact) mass is 300 g/mol. The summed E-state index contributed by atoms with van der Waals surface area (Å²) >= 11 is 0. The Hall–Kier alpha value is -2.69. The summed E-state index contributed by atoms with van der Waals surface area (Å²) in [7, 11) is 2.90. The van der Waals surface area contributed by atoms with Crippen LogP contribution in [-0.2, 0) is 0 Å². The van der Waals surface area contributed by atoms with E-state index in [0.29, 0.717) is 5.75 Å². The van der Waals surface area contributed by atoms with Crippen LogP contribution in [0.25, 0.3) is 0 Å². The first kappa shape index (κ1) is 14.3. The van der Waals surface area contributed by atoms with E-state index in [-0.39, 0.29) is 35.0 Å². The van der Waals surface area contributed by atoms with Gasteiger partial charge in [-0.25, -0.2) is 0 Å². The number of rotatable bonds is 3. The van der Waals surface area contributed by atoms with Crippen molar-refractivity contribution >= 4 is 5.78 Å². The molecule has 0 radical (unpaired) electrons. The van der Waals surface area contributed by atoms with Gasteiger partial charge in [-0.2, -0.15) is 0 Å². The van der Waals surface area contributed by atoms with Crippen molar-refractivity contribution in [1.29, 1.82) is 0 Å². The first-order valence-corrected chi connectivity index (χ1v) is 6.88. The van der Waals surface area contributed by atoms with Crippen LogP contribution >= 0.6 is 0 Å². The second kappa shape index (κ2) is 5.60. The van der Waals surface area contributed by atoms with E-state index in [2.05, 4.69) is 0 Å². The van der Waals surface area contributed by atoms with Crippen molar-refractivity contribution in [1.82, 2.24) is 0 Å². The highest BCUT2D eigenvalue weighted by Crippen LogP contribution is 2.49. The van der Waals surface area contributed by atoms with Gasteiger partial charge in [0.15, 0.2) is 28.8 Å². The zero-order valence-corrected chi connectivity index (χ0v) is 12.3. The van der Waals surface area contributed by atoms with E-state index in [1.54, 1.807) is 0 Å². The van der Waals surface area contributed by atoms with Gasteiger partial charge in [0.2, 0.25) is 0 Å². The minimum atomic E-state index is -0.400. The number of benzene rings is 2. The highest BCUT2D eigenvalue weighted by atomic mass is 16.5. The first-order chi connectivity index (χ1) is 10.7. The van der Waals surface area contributed by atoms with Crippen LogP contribution in [0.15, 0.2) is 36.4 Å². The zero-order chi connectivity index (χ0) is 15.7. The molecule has 0 bridgehead atoms. The molecule has 0 saturated carbocycles. The summed E-state index contributed by atoms with van der Waals surface area (Å²) < 4.78 is 16.3. The average Bonchev–Trinajstić information content (AvgIpc) is 2.55. The maximum atomic E-state index is 12.5. The molecule has 0 fully saturated rings. The minimum Gasteiger partial charge on any atom is -0.504 e. The quantitative estimate of drug-likeness (QED) is 0.943. The molecule has 0 aliphatic carbocycles. The van der Waals surface area contributed by atoms with Gasteiger partial charge in [-0.1, -0.05) is 30.3 Å². The van der Waals surface area contributed by atoms with Gasteiger partial charge in [-0.3, -0.25) is 4.79 Å². The van der Waals surface area contributed by atoms with Gasteiger partial charge >= 0.3 is 0 Å². The van der Waals surface area contributed by atoms with Crippen molar-refractivity contribution in [3.63, 3.8) is 0 Å². The van der Waals surface area contributed by atoms with Crippen LogP contribution in [0.1, 0.15) is 28.4 Å². The molecule has 0 amide bonds. The van der Waals surface area contributed by atoms with Crippen LogP contribution in [0.3, 0.4) is 0 Å². The highest BCUT2D eigenvalue weighted by Gasteiger charge is 2.34. The number of carbonyl (C=O) groups excluding carboxylic acids is 1. The molecule has 1 atom stereocenters. The Morgan fingerprint density at radius 1 is 1.14 bits per heavy atom. The van der Waals surface area contributed by atoms with Gasteiger partial charge in [0, 0.05) is 6.07 Å². The third-order valence-electron chi connectivity index (χ3n) is 3.70. The van der Waals surface area contributed by atoms with Crippen LogP contribution in [0.5, 0.6) is 23.0 Å². The molecule has 0 saturated heterocycles. The predicted molar refractivity (Wildman–Crippen MR) is 80.0 cm³/mol. The fourth-order valence-electron chi connectivity index (χ4n) is 2.60. The molecule has 5 heteroatoms. The zero-order valence-electron chi connectivity index (χ0n) is 12.3. The number of phenols is 1. The minimum absolute atomic E-state index is 0.114. The number of aromatic hydroxyl groups is 1. The third-order valence-corrected chi connectivity index (χ3v) is 3.70. The van der Waals surface area contributed by atoms with Crippen molar-refractivity contribution in [2.75, 3.05) is 14.2 Å². The Labute approximate surface area is 128 Å². The Kier molecular flexibility index (Phi) is 3.63. The Bertz CT molecular complexity index is 709. The highest BCUT2D eigenvalue weighted by molar-refractivity contribution is 6.04. The van der Waals surface area contributed by atoms with E-state index in [1.807, 2.05) is 30.3 Å². The molecule has 5 nitrogen and oxygen atoms in total. The number of Topliss-reactive ketones (excluding diaryl/α,β-unsaturated/α-hetero) is 1. The van der Waals surface area contributed by atoms with E-state index in [1.165, 1.54) is 20.3 Å². The number of hydrogen-bond acceptors (Lipinski definition) is 5. The second-order valence-corrected chi connectivity index (χ2v) is 4.98. The molecule has 3 rings (SSSR count). The lowest BCUT2D eigenvalue weighted by Crippen LogP contribution is -2.21. The fraction of sp³-hybridized carbons (Fsp3) is 0.235. The standard InChI is InChI=1S/C17H16O5/c1-20-13-9-14(21-2)17-15(16(13)19)11(18)8-12(22-17)10-6-4-3-5-7-10/h3-7,9,12,19H,8H2,1-2H3/t12-/m0/s1. The predicted octanol–water partition coefficient (Wildman–Crippen LogP) is 3.12. The van der Waals surface area contributed by atoms with E-state index in [4.69, 9.17) is 14.2 Å². The smallest absolute Gasteiger partial charge is 0.176 e. The number of fused-ring (bicyclic) bond motifs is 1.